The molecular weight excluding hydrogens is 338 g/mol. The van der Waals surface area contributed by atoms with Crippen molar-refractivity contribution < 1.29 is 13.2 Å². The standard InChI is InChI=1S/C18H21N3O3S/c22-18(20-13-12-19-9-3-4-16(19)14-20)15-5-7-17(8-6-15)25(23,24)21-10-1-2-11-21/h3-9H,1-2,10-14H2. The Bertz CT molecular complexity index is 881. The summed E-state index contributed by atoms with van der Waals surface area (Å²) in [5, 5.41) is 0. The Morgan fingerprint density at radius 3 is 2.36 bits per heavy atom. The number of hydrogen-bond acceptors (Lipinski definition) is 3. The Labute approximate surface area is 147 Å². The number of carbonyl (C=O) groups is 1. The molecule has 4 rings (SSSR count). The van der Waals surface area contributed by atoms with E-state index in [0.717, 1.165) is 25.1 Å². The molecule has 0 radical (unpaired) electrons. The van der Waals surface area contributed by atoms with Crippen molar-refractivity contribution in [2.24, 2.45) is 0 Å². The van der Waals surface area contributed by atoms with Gasteiger partial charge < -0.3 is 9.47 Å². The van der Waals surface area contributed by atoms with Crippen molar-refractivity contribution in [3.63, 3.8) is 0 Å². The lowest BCUT2D eigenvalue weighted by Gasteiger charge is -2.28. The van der Waals surface area contributed by atoms with E-state index in [4.69, 9.17) is 0 Å². The molecule has 0 saturated carbocycles. The Morgan fingerprint density at radius 2 is 1.64 bits per heavy atom. The predicted octanol–water partition coefficient (Wildman–Crippen LogP) is 1.93. The smallest absolute Gasteiger partial charge is 0.254 e. The third-order valence-electron chi connectivity index (χ3n) is 4.98. The van der Waals surface area contributed by atoms with Crippen molar-refractivity contribution in [1.82, 2.24) is 13.8 Å². The minimum Gasteiger partial charge on any atom is -0.348 e. The van der Waals surface area contributed by atoms with Crippen LogP contribution in [0.1, 0.15) is 28.9 Å². The molecule has 2 aliphatic heterocycles. The lowest BCUT2D eigenvalue weighted by atomic mass is 10.2. The van der Waals surface area contributed by atoms with Gasteiger partial charge in [-0.3, -0.25) is 4.79 Å². The first kappa shape index (κ1) is 16.4. The van der Waals surface area contributed by atoms with Crippen LogP contribution in [-0.2, 0) is 23.1 Å². The van der Waals surface area contributed by atoms with Gasteiger partial charge in [-0.25, -0.2) is 8.42 Å². The summed E-state index contributed by atoms with van der Waals surface area (Å²) in [5.74, 6) is -0.0578. The third-order valence-corrected chi connectivity index (χ3v) is 6.89. The van der Waals surface area contributed by atoms with Crippen molar-refractivity contribution >= 4 is 15.9 Å². The van der Waals surface area contributed by atoms with Crippen LogP contribution in [0.4, 0.5) is 0 Å². The molecule has 0 N–H and O–H groups in total. The summed E-state index contributed by atoms with van der Waals surface area (Å²) >= 11 is 0. The summed E-state index contributed by atoms with van der Waals surface area (Å²) in [6.07, 6.45) is 3.84. The Balaban J connectivity index is 1.51. The van der Waals surface area contributed by atoms with Gasteiger partial charge >= 0.3 is 0 Å². The molecule has 132 valence electrons. The Hall–Kier alpha value is -2.12. The van der Waals surface area contributed by atoms with Crippen LogP contribution in [-0.4, -0.2) is 47.7 Å². The molecule has 2 aliphatic rings. The first-order chi connectivity index (χ1) is 12.1. The average Bonchev–Trinajstić information content (AvgIpc) is 3.32. The van der Waals surface area contributed by atoms with E-state index in [9.17, 15) is 13.2 Å². The molecule has 7 heteroatoms. The van der Waals surface area contributed by atoms with E-state index in [2.05, 4.69) is 4.57 Å². The molecule has 1 aromatic carbocycles. The number of sulfonamides is 1. The zero-order valence-corrected chi connectivity index (χ0v) is 14.8. The first-order valence-corrected chi connectivity index (χ1v) is 10.0. The zero-order chi connectivity index (χ0) is 17.4. The van der Waals surface area contributed by atoms with Crippen LogP contribution < -0.4 is 0 Å². The quantitative estimate of drug-likeness (QED) is 0.841. The number of fused-ring (bicyclic) bond motifs is 1. The van der Waals surface area contributed by atoms with Crippen molar-refractivity contribution in [2.75, 3.05) is 19.6 Å². The first-order valence-electron chi connectivity index (χ1n) is 8.59. The molecule has 0 unspecified atom stereocenters. The van der Waals surface area contributed by atoms with Crippen molar-refractivity contribution in [1.29, 1.82) is 0 Å². The molecule has 0 spiro atoms. The van der Waals surface area contributed by atoms with Gasteiger partial charge in [0.05, 0.1) is 11.4 Å². The highest BCUT2D eigenvalue weighted by atomic mass is 32.2. The normalized spacial score (nSPS) is 18.3. The van der Waals surface area contributed by atoms with Crippen molar-refractivity contribution in [3.05, 3.63) is 53.9 Å². The van der Waals surface area contributed by atoms with Gasteiger partial charge in [-0.1, -0.05) is 0 Å². The third kappa shape index (κ3) is 2.98. The second-order valence-corrected chi connectivity index (χ2v) is 8.49. The second kappa shape index (κ2) is 6.31. The highest BCUT2D eigenvalue weighted by Gasteiger charge is 2.27. The monoisotopic (exact) mass is 359 g/mol. The molecule has 0 atom stereocenters. The highest BCUT2D eigenvalue weighted by Crippen LogP contribution is 2.22. The van der Waals surface area contributed by atoms with E-state index in [0.29, 0.717) is 31.7 Å². The molecule has 1 amide bonds. The van der Waals surface area contributed by atoms with Crippen LogP contribution in [0.15, 0.2) is 47.5 Å². The number of aromatic nitrogens is 1. The van der Waals surface area contributed by atoms with Crippen LogP contribution in [0, 0.1) is 0 Å². The molecular formula is C18H21N3O3S. The molecule has 0 bridgehead atoms. The minimum absolute atomic E-state index is 0.0578. The highest BCUT2D eigenvalue weighted by molar-refractivity contribution is 7.89. The van der Waals surface area contributed by atoms with Crippen LogP contribution in [0.2, 0.25) is 0 Å². The fourth-order valence-corrected chi connectivity index (χ4v) is 5.03. The van der Waals surface area contributed by atoms with Crippen LogP contribution in [0.25, 0.3) is 0 Å². The zero-order valence-electron chi connectivity index (χ0n) is 14.0. The summed E-state index contributed by atoms with van der Waals surface area (Å²) in [6.45, 7) is 3.19. The summed E-state index contributed by atoms with van der Waals surface area (Å²) < 4.78 is 28.8. The van der Waals surface area contributed by atoms with Gasteiger partial charge in [-0.15, -0.1) is 0 Å². The van der Waals surface area contributed by atoms with E-state index in [1.165, 1.54) is 4.31 Å². The molecule has 2 aromatic rings. The molecule has 3 heterocycles. The SMILES string of the molecule is O=C(c1ccc(S(=O)(=O)N2CCCC2)cc1)N1CCn2cccc2C1. The average molecular weight is 359 g/mol. The molecule has 1 aromatic heterocycles. The van der Waals surface area contributed by atoms with Gasteiger partial charge in [-0.05, 0) is 49.2 Å². The lowest BCUT2D eigenvalue weighted by Crippen LogP contribution is -2.37. The van der Waals surface area contributed by atoms with Gasteiger partial charge in [0.25, 0.3) is 5.91 Å². The Kier molecular flexibility index (Phi) is 4.13. The van der Waals surface area contributed by atoms with Gasteiger partial charge in [0.1, 0.15) is 0 Å². The Morgan fingerprint density at radius 1 is 0.920 bits per heavy atom. The van der Waals surface area contributed by atoms with E-state index < -0.39 is 10.0 Å². The van der Waals surface area contributed by atoms with Crippen LogP contribution in [0.5, 0.6) is 0 Å². The van der Waals surface area contributed by atoms with Gasteiger partial charge in [0.15, 0.2) is 0 Å². The molecule has 6 nitrogen and oxygen atoms in total. The topological polar surface area (TPSA) is 62.6 Å². The number of benzene rings is 1. The maximum absolute atomic E-state index is 12.7. The van der Waals surface area contributed by atoms with Gasteiger partial charge in [0.2, 0.25) is 10.0 Å². The number of hydrogen-bond donors (Lipinski definition) is 0. The van der Waals surface area contributed by atoms with Crippen LogP contribution >= 0.6 is 0 Å². The van der Waals surface area contributed by atoms with Gasteiger partial charge in [-0.2, -0.15) is 4.31 Å². The maximum Gasteiger partial charge on any atom is 0.254 e. The fraction of sp³-hybridized carbons (Fsp3) is 0.389. The number of nitrogens with zero attached hydrogens (tertiary/aromatic N) is 3. The fourth-order valence-electron chi connectivity index (χ4n) is 3.52. The molecule has 1 fully saturated rings. The lowest BCUT2D eigenvalue weighted by molar-refractivity contribution is 0.0711. The summed E-state index contributed by atoms with van der Waals surface area (Å²) in [6, 6.07) is 10.4. The van der Waals surface area contributed by atoms with E-state index >= 15 is 0 Å². The molecule has 0 aliphatic carbocycles. The molecule has 1 saturated heterocycles. The molecule has 25 heavy (non-hydrogen) atoms. The predicted molar refractivity (Wildman–Crippen MR) is 93.6 cm³/mol. The van der Waals surface area contributed by atoms with Crippen molar-refractivity contribution in [2.45, 2.75) is 30.8 Å². The van der Waals surface area contributed by atoms with E-state index in [1.807, 2.05) is 18.3 Å². The summed E-state index contributed by atoms with van der Waals surface area (Å²) in [7, 11) is -3.43. The van der Waals surface area contributed by atoms with E-state index in [1.54, 1.807) is 29.2 Å². The van der Waals surface area contributed by atoms with Crippen molar-refractivity contribution in [3.8, 4) is 0 Å². The number of rotatable bonds is 3. The summed E-state index contributed by atoms with van der Waals surface area (Å²) in [4.78, 5) is 14.8. The summed E-state index contributed by atoms with van der Waals surface area (Å²) in [5.41, 5.74) is 1.65. The number of amides is 1. The second-order valence-electron chi connectivity index (χ2n) is 6.56. The number of carbonyl (C=O) groups excluding carboxylic acids is 1. The van der Waals surface area contributed by atoms with E-state index in [-0.39, 0.29) is 10.8 Å². The van der Waals surface area contributed by atoms with Crippen LogP contribution in [0.3, 0.4) is 0 Å². The maximum atomic E-state index is 12.7. The largest absolute Gasteiger partial charge is 0.348 e. The van der Waals surface area contributed by atoms with Gasteiger partial charge in [0, 0.05) is 43.6 Å². The minimum atomic E-state index is -3.43.